The lowest BCUT2D eigenvalue weighted by Gasteiger charge is -2.37. The number of esters is 1. The molecule has 2 saturated carbocycles. The lowest BCUT2D eigenvalue weighted by atomic mass is 9.63. The summed E-state index contributed by atoms with van der Waals surface area (Å²) in [6.45, 7) is 1.57. The fraction of sp³-hybridized carbons (Fsp3) is 0.450. The molecule has 0 radical (unpaired) electrons. The number of likely N-dealkylation sites (tertiary alicyclic amines) is 1. The van der Waals surface area contributed by atoms with Crippen LogP contribution >= 0.6 is 15.9 Å². The number of nitrogens with zero attached hydrogens (tertiary/aromatic N) is 1. The van der Waals surface area contributed by atoms with Gasteiger partial charge in [-0.05, 0) is 61.3 Å². The SMILES string of the molecule is C[C@H](C(=O)Oc1ccc(Br)cc1)N1C(=O)[C@@H]2[C@H]3C=C[C@@H]([C@@H]4C[C@H]34)[C@H]2C1=O. The van der Waals surface area contributed by atoms with Crippen LogP contribution in [0.5, 0.6) is 5.75 Å². The first-order valence-electron chi connectivity index (χ1n) is 9.00. The molecule has 1 saturated heterocycles. The van der Waals surface area contributed by atoms with Gasteiger partial charge in [-0.2, -0.15) is 0 Å². The Kier molecular flexibility index (Phi) is 3.45. The Balaban J connectivity index is 1.37. The normalized spacial score (nSPS) is 37.4. The highest BCUT2D eigenvalue weighted by Gasteiger charge is 2.67. The zero-order valence-electron chi connectivity index (χ0n) is 14.2. The second kappa shape index (κ2) is 5.52. The van der Waals surface area contributed by atoms with Crippen molar-refractivity contribution in [2.24, 2.45) is 35.5 Å². The lowest BCUT2D eigenvalue weighted by molar-refractivity contribution is -0.152. The maximum atomic E-state index is 13.0. The number of ether oxygens (including phenoxy) is 1. The van der Waals surface area contributed by atoms with Gasteiger partial charge in [0.15, 0.2) is 0 Å². The summed E-state index contributed by atoms with van der Waals surface area (Å²) in [5.74, 6) is 0.240. The molecule has 1 aromatic carbocycles. The molecule has 3 fully saturated rings. The Hall–Kier alpha value is -1.95. The van der Waals surface area contributed by atoms with E-state index in [4.69, 9.17) is 4.74 Å². The molecule has 6 rings (SSSR count). The van der Waals surface area contributed by atoms with Crippen molar-refractivity contribution < 1.29 is 19.1 Å². The predicted octanol–water partition coefficient (Wildman–Crippen LogP) is 2.80. The van der Waals surface area contributed by atoms with E-state index in [-0.39, 0.29) is 35.5 Å². The van der Waals surface area contributed by atoms with Crippen LogP contribution in [0, 0.1) is 35.5 Å². The van der Waals surface area contributed by atoms with E-state index < -0.39 is 12.0 Å². The van der Waals surface area contributed by atoms with E-state index in [0.717, 1.165) is 15.8 Å². The van der Waals surface area contributed by atoms with Crippen LogP contribution in [0.4, 0.5) is 0 Å². The maximum absolute atomic E-state index is 13.0. The first-order chi connectivity index (χ1) is 12.5. The predicted molar refractivity (Wildman–Crippen MR) is 95.8 cm³/mol. The summed E-state index contributed by atoms with van der Waals surface area (Å²) in [4.78, 5) is 39.7. The van der Waals surface area contributed by atoms with Gasteiger partial charge >= 0.3 is 5.97 Å². The summed E-state index contributed by atoms with van der Waals surface area (Å²) in [7, 11) is 0. The van der Waals surface area contributed by atoms with Crippen LogP contribution < -0.4 is 4.74 Å². The molecule has 0 spiro atoms. The van der Waals surface area contributed by atoms with Gasteiger partial charge in [-0.25, -0.2) is 4.79 Å². The molecule has 7 atom stereocenters. The highest BCUT2D eigenvalue weighted by molar-refractivity contribution is 9.10. The van der Waals surface area contributed by atoms with Crippen molar-refractivity contribution in [1.82, 2.24) is 4.90 Å². The van der Waals surface area contributed by atoms with Gasteiger partial charge in [0, 0.05) is 4.47 Å². The first-order valence-corrected chi connectivity index (χ1v) is 9.79. The molecular weight excluding hydrogens is 398 g/mol. The van der Waals surface area contributed by atoms with Gasteiger partial charge in [0.1, 0.15) is 11.8 Å². The van der Waals surface area contributed by atoms with E-state index >= 15 is 0 Å². The van der Waals surface area contributed by atoms with E-state index in [1.54, 1.807) is 31.2 Å². The molecule has 1 heterocycles. The third-order valence-electron chi connectivity index (χ3n) is 6.46. The van der Waals surface area contributed by atoms with E-state index in [0.29, 0.717) is 17.6 Å². The van der Waals surface area contributed by atoms with Crippen LogP contribution in [0.15, 0.2) is 40.9 Å². The van der Waals surface area contributed by atoms with Gasteiger partial charge in [0.25, 0.3) is 0 Å². The molecule has 0 N–H and O–H groups in total. The van der Waals surface area contributed by atoms with Crippen LogP contribution in [0.3, 0.4) is 0 Å². The minimum Gasteiger partial charge on any atom is -0.425 e. The minimum absolute atomic E-state index is 0.158. The molecule has 134 valence electrons. The van der Waals surface area contributed by atoms with Gasteiger partial charge in [-0.15, -0.1) is 0 Å². The fourth-order valence-electron chi connectivity index (χ4n) is 5.17. The molecule has 5 aliphatic rings. The number of allylic oxidation sites excluding steroid dienone is 2. The Labute approximate surface area is 159 Å². The molecule has 4 aliphatic carbocycles. The highest BCUT2D eigenvalue weighted by Crippen LogP contribution is 2.65. The van der Waals surface area contributed by atoms with Crippen LogP contribution in [0.2, 0.25) is 0 Å². The maximum Gasteiger partial charge on any atom is 0.334 e. The molecule has 2 bridgehead atoms. The molecule has 2 amide bonds. The van der Waals surface area contributed by atoms with Crippen molar-refractivity contribution >= 4 is 33.7 Å². The topological polar surface area (TPSA) is 63.7 Å². The van der Waals surface area contributed by atoms with Gasteiger partial charge in [0.2, 0.25) is 11.8 Å². The molecule has 26 heavy (non-hydrogen) atoms. The largest absolute Gasteiger partial charge is 0.425 e. The van der Waals surface area contributed by atoms with Gasteiger partial charge in [-0.1, -0.05) is 28.1 Å². The minimum atomic E-state index is -0.917. The second-order valence-corrected chi connectivity index (χ2v) is 8.67. The Morgan fingerprint density at radius 2 is 1.62 bits per heavy atom. The van der Waals surface area contributed by atoms with Crippen LogP contribution in [0.1, 0.15) is 13.3 Å². The lowest BCUT2D eigenvalue weighted by Crippen LogP contribution is -2.45. The van der Waals surface area contributed by atoms with Crippen molar-refractivity contribution in [2.75, 3.05) is 0 Å². The van der Waals surface area contributed by atoms with Crippen molar-refractivity contribution in [2.45, 2.75) is 19.4 Å². The summed E-state index contributed by atoms with van der Waals surface area (Å²) in [5, 5.41) is 0. The zero-order chi connectivity index (χ0) is 18.2. The summed E-state index contributed by atoms with van der Waals surface area (Å²) in [5.41, 5.74) is 0. The number of halogens is 1. The third kappa shape index (κ3) is 2.17. The number of benzene rings is 1. The van der Waals surface area contributed by atoms with Crippen molar-refractivity contribution in [3.05, 3.63) is 40.9 Å². The zero-order valence-corrected chi connectivity index (χ0v) is 15.8. The second-order valence-electron chi connectivity index (χ2n) is 7.75. The molecule has 1 aromatic rings. The number of amides is 2. The molecule has 1 aliphatic heterocycles. The number of hydrogen-bond donors (Lipinski definition) is 0. The van der Waals surface area contributed by atoms with Gasteiger partial charge < -0.3 is 4.74 Å². The Morgan fingerprint density at radius 3 is 2.15 bits per heavy atom. The van der Waals surface area contributed by atoms with Crippen LogP contribution in [-0.4, -0.2) is 28.7 Å². The molecule has 5 nitrogen and oxygen atoms in total. The molecule has 0 unspecified atom stereocenters. The summed E-state index contributed by atoms with van der Waals surface area (Å²) >= 11 is 3.33. The fourth-order valence-corrected chi connectivity index (χ4v) is 5.44. The van der Waals surface area contributed by atoms with Crippen molar-refractivity contribution in [1.29, 1.82) is 0 Å². The number of carbonyl (C=O) groups excluding carboxylic acids is 3. The van der Waals surface area contributed by atoms with E-state index in [1.165, 1.54) is 0 Å². The van der Waals surface area contributed by atoms with Crippen molar-refractivity contribution in [3.63, 3.8) is 0 Å². The monoisotopic (exact) mass is 415 g/mol. The smallest absolute Gasteiger partial charge is 0.334 e. The van der Waals surface area contributed by atoms with Gasteiger partial charge in [-0.3, -0.25) is 14.5 Å². The summed E-state index contributed by atoms with van der Waals surface area (Å²) in [6, 6.07) is 5.95. The Morgan fingerprint density at radius 1 is 1.08 bits per heavy atom. The van der Waals surface area contributed by atoms with Gasteiger partial charge in [0.05, 0.1) is 11.8 Å². The summed E-state index contributed by atoms with van der Waals surface area (Å²) in [6.07, 6.45) is 5.37. The van der Waals surface area contributed by atoms with E-state index in [1.807, 2.05) is 0 Å². The van der Waals surface area contributed by atoms with Crippen LogP contribution in [-0.2, 0) is 14.4 Å². The highest BCUT2D eigenvalue weighted by atomic mass is 79.9. The molecule has 6 heteroatoms. The van der Waals surface area contributed by atoms with Crippen molar-refractivity contribution in [3.8, 4) is 5.75 Å². The quantitative estimate of drug-likeness (QED) is 0.329. The number of rotatable bonds is 3. The number of imide groups is 1. The average molecular weight is 416 g/mol. The first kappa shape index (κ1) is 16.2. The molecule has 0 aromatic heterocycles. The standard InChI is InChI=1S/C20H18BrNO4/c1-9(20(25)26-11-4-2-10(21)3-5-11)22-18(23)16-12-6-7-13(15-8-14(12)15)17(16)19(22)24/h2-7,9,12-17H,8H2,1H3/t9-,12+,13+,14-,15+,16-,17-/m1/s1. The summed E-state index contributed by atoms with van der Waals surface area (Å²) < 4.78 is 6.25. The van der Waals surface area contributed by atoms with E-state index in [9.17, 15) is 14.4 Å². The van der Waals surface area contributed by atoms with Crippen LogP contribution in [0.25, 0.3) is 0 Å². The van der Waals surface area contributed by atoms with E-state index in [2.05, 4.69) is 28.1 Å². The third-order valence-corrected chi connectivity index (χ3v) is 6.99. The number of hydrogen-bond acceptors (Lipinski definition) is 4. The Bertz CT molecular complexity index is 812. The number of carbonyl (C=O) groups is 3. The molecular formula is C20H18BrNO4. The average Bonchev–Trinajstić information content (AvgIpc) is 3.41.